The maximum absolute atomic E-state index is 10.7. The standard InChI is InChI=1S/C5H9O5P/c1-2-3-4-11(8,9)10-5(6)7/h1-4H2,(H,8,9). The highest BCUT2D eigenvalue weighted by molar-refractivity contribution is 7.53. The number of hydrogen-bond acceptors (Lipinski definition) is 3. The van der Waals surface area contributed by atoms with Gasteiger partial charge in [0.2, 0.25) is 0 Å². The monoisotopic (exact) mass is 180 g/mol. The van der Waals surface area contributed by atoms with E-state index in [1.165, 1.54) is 0 Å². The van der Waals surface area contributed by atoms with Crippen molar-refractivity contribution >= 4 is 13.8 Å². The van der Waals surface area contributed by atoms with Crippen LogP contribution in [0.2, 0.25) is 0 Å². The van der Waals surface area contributed by atoms with E-state index in [2.05, 4.69) is 11.4 Å². The lowest BCUT2D eigenvalue weighted by atomic mass is 10.4. The van der Waals surface area contributed by atoms with Crippen LogP contribution in [0.4, 0.5) is 4.79 Å². The van der Waals surface area contributed by atoms with Gasteiger partial charge < -0.3 is 9.42 Å². The lowest BCUT2D eigenvalue weighted by molar-refractivity contribution is 0.112. The van der Waals surface area contributed by atoms with Gasteiger partial charge in [0, 0.05) is 0 Å². The first-order valence-electron chi connectivity index (χ1n) is 2.99. The second-order valence-electron chi connectivity index (χ2n) is 1.91. The average molecular weight is 180 g/mol. The molecule has 0 heterocycles. The highest BCUT2D eigenvalue weighted by Gasteiger charge is 2.23. The summed E-state index contributed by atoms with van der Waals surface area (Å²) in [7, 11) is -3.97. The largest absolute Gasteiger partial charge is 0.556 e. The molecule has 0 aliphatic heterocycles. The van der Waals surface area contributed by atoms with Crippen molar-refractivity contribution in [1.29, 1.82) is 0 Å². The van der Waals surface area contributed by atoms with Crippen molar-refractivity contribution in [3.05, 3.63) is 6.92 Å². The maximum Gasteiger partial charge on any atom is 0.556 e. The van der Waals surface area contributed by atoms with Crippen molar-refractivity contribution < 1.29 is 23.9 Å². The molecule has 1 N–H and O–H groups in total. The molecule has 1 atom stereocenters. The van der Waals surface area contributed by atoms with Crippen LogP contribution in [0.5, 0.6) is 0 Å². The van der Waals surface area contributed by atoms with Gasteiger partial charge >= 0.3 is 13.8 Å². The van der Waals surface area contributed by atoms with Crippen LogP contribution in [-0.2, 0) is 14.2 Å². The SMILES string of the molecule is [CH2]CCCP(=O)(O)OC([O])=O. The summed E-state index contributed by atoms with van der Waals surface area (Å²) in [6.07, 6.45) is -1.37. The van der Waals surface area contributed by atoms with E-state index in [1.54, 1.807) is 0 Å². The average Bonchev–Trinajstić information content (AvgIpc) is 1.81. The molecule has 0 aliphatic rings. The molecule has 0 rings (SSSR count). The van der Waals surface area contributed by atoms with Crippen LogP contribution < -0.4 is 0 Å². The van der Waals surface area contributed by atoms with Crippen molar-refractivity contribution in [3.63, 3.8) is 0 Å². The van der Waals surface area contributed by atoms with Gasteiger partial charge in [0.05, 0.1) is 6.16 Å². The van der Waals surface area contributed by atoms with Crippen LogP contribution in [0.25, 0.3) is 0 Å². The van der Waals surface area contributed by atoms with E-state index in [0.717, 1.165) is 0 Å². The number of hydrogen-bond donors (Lipinski definition) is 1. The Kier molecular flexibility index (Phi) is 4.15. The summed E-state index contributed by atoms with van der Waals surface area (Å²) in [5.41, 5.74) is 0. The van der Waals surface area contributed by atoms with E-state index in [1.807, 2.05) is 0 Å². The molecule has 0 aromatic heterocycles. The highest BCUT2D eigenvalue weighted by atomic mass is 31.2. The summed E-state index contributed by atoms with van der Waals surface area (Å²) in [4.78, 5) is 18.4. The van der Waals surface area contributed by atoms with Crippen molar-refractivity contribution in [2.24, 2.45) is 0 Å². The molecular weight excluding hydrogens is 171 g/mol. The van der Waals surface area contributed by atoms with Gasteiger partial charge in [-0.05, 0) is 6.42 Å². The van der Waals surface area contributed by atoms with E-state index < -0.39 is 13.8 Å². The molecule has 2 radical (unpaired) electrons. The Morgan fingerprint density at radius 1 is 1.64 bits per heavy atom. The molecule has 6 heteroatoms. The van der Waals surface area contributed by atoms with Crippen molar-refractivity contribution in [3.8, 4) is 0 Å². The summed E-state index contributed by atoms with van der Waals surface area (Å²) in [5, 5.41) is 9.70. The van der Waals surface area contributed by atoms with Gasteiger partial charge in [-0.1, -0.05) is 13.3 Å². The van der Waals surface area contributed by atoms with Gasteiger partial charge in [0.1, 0.15) is 0 Å². The van der Waals surface area contributed by atoms with E-state index in [-0.39, 0.29) is 6.16 Å². The first kappa shape index (κ1) is 10.5. The number of rotatable bonds is 4. The maximum atomic E-state index is 10.7. The molecule has 0 saturated carbocycles. The van der Waals surface area contributed by atoms with Gasteiger partial charge in [-0.2, -0.15) is 9.90 Å². The third-order valence-electron chi connectivity index (χ3n) is 0.908. The third kappa shape index (κ3) is 5.88. The first-order chi connectivity index (χ1) is 4.98. The fourth-order valence-corrected chi connectivity index (χ4v) is 1.42. The molecule has 1 unspecified atom stereocenters. The molecular formula is C5H9O5P. The molecule has 0 spiro atoms. The molecule has 64 valence electrons. The minimum Gasteiger partial charge on any atom is -0.356 e. The van der Waals surface area contributed by atoms with E-state index in [9.17, 15) is 14.5 Å². The second kappa shape index (κ2) is 4.36. The summed E-state index contributed by atoms with van der Waals surface area (Å²) < 4.78 is 14.3. The Labute approximate surface area is 64.5 Å². The molecule has 0 saturated heterocycles. The summed E-state index contributed by atoms with van der Waals surface area (Å²) in [6.45, 7) is 3.42. The van der Waals surface area contributed by atoms with E-state index in [0.29, 0.717) is 12.8 Å². The highest BCUT2D eigenvalue weighted by Crippen LogP contribution is 2.42. The third-order valence-corrected chi connectivity index (χ3v) is 2.22. The molecule has 11 heavy (non-hydrogen) atoms. The molecule has 0 aliphatic carbocycles. The lowest BCUT2D eigenvalue weighted by Gasteiger charge is -2.06. The Morgan fingerprint density at radius 2 is 2.18 bits per heavy atom. The topological polar surface area (TPSA) is 83.5 Å². The van der Waals surface area contributed by atoms with Gasteiger partial charge in [-0.25, -0.2) is 4.57 Å². The molecule has 0 fully saturated rings. The van der Waals surface area contributed by atoms with E-state index >= 15 is 0 Å². The zero-order chi connectivity index (χ0) is 8.91. The molecule has 0 aromatic rings. The Balaban J connectivity index is 3.80. The van der Waals surface area contributed by atoms with Gasteiger partial charge in [0.25, 0.3) is 0 Å². The van der Waals surface area contributed by atoms with Crippen LogP contribution in [0.1, 0.15) is 12.8 Å². The van der Waals surface area contributed by atoms with Crippen LogP contribution in [0.3, 0.4) is 0 Å². The normalized spacial score (nSPS) is 15.5. The summed E-state index contributed by atoms with van der Waals surface area (Å²) in [5.74, 6) is 0. The van der Waals surface area contributed by atoms with Gasteiger partial charge in [-0.3, -0.25) is 0 Å². The number of carbonyl (C=O) groups is 1. The zero-order valence-electron chi connectivity index (χ0n) is 5.86. The quantitative estimate of drug-likeness (QED) is 0.662. The van der Waals surface area contributed by atoms with Crippen molar-refractivity contribution in [1.82, 2.24) is 0 Å². The zero-order valence-corrected chi connectivity index (χ0v) is 6.75. The number of carbonyl (C=O) groups excluding carboxylic acids is 1. The minimum absolute atomic E-state index is 0.204. The second-order valence-corrected chi connectivity index (χ2v) is 3.81. The fourth-order valence-electron chi connectivity index (χ4n) is 0.474. The molecule has 0 amide bonds. The van der Waals surface area contributed by atoms with Crippen molar-refractivity contribution in [2.45, 2.75) is 12.8 Å². The van der Waals surface area contributed by atoms with Gasteiger partial charge in [-0.15, -0.1) is 0 Å². The van der Waals surface area contributed by atoms with Gasteiger partial charge in [0.15, 0.2) is 0 Å². The smallest absolute Gasteiger partial charge is 0.356 e. The van der Waals surface area contributed by atoms with Crippen LogP contribution in [-0.4, -0.2) is 17.2 Å². The van der Waals surface area contributed by atoms with E-state index in [4.69, 9.17) is 4.89 Å². The Hall–Kier alpha value is -0.540. The van der Waals surface area contributed by atoms with Crippen LogP contribution in [0, 0.1) is 6.92 Å². The fraction of sp³-hybridized carbons (Fsp3) is 0.600. The lowest BCUT2D eigenvalue weighted by Crippen LogP contribution is -1.99. The predicted molar refractivity (Wildman–Crippen MR) is 36.5 cm³/mol. The predicted octanol–water partition coefficient (Wildman–Crippen LogP) is 1.35. The molecule has 0 bridgehead atoms. The Bertz CT molecular complexity index is 178. The molecule has 5 nitrogen and oxygen atoms in total. The molecule has 0 aromatic carbocycles. The summed E-state index contributed by atoms with van der Waals surface area (Å²) in [6, 6.07) is 0. The van der Waals surface area contributed by atoms with Crippen LogP contribution in [0.15, 0.2) is 0 Å². The Morgan fingerprint density at radius 3 is 2.55 bits per heavy atom. The van der Waals surface area contributed by atoms with Crippen LogP contribution >= 0.6 is 7.60 Å². The summed E-state index contributed by atoms with van der Waals surface area (Å²) >= 11 is 0. The van der Waals surface area contributed by atoms with Crippen molar-refractivity contribution in [2.75, 3.05) is 6.16 Å². The minimum atomic E-state index is -3.97. The first-order valence-corrected chi connectivity index (χ1v) is 4.76. The number of unbranched alkanes of at least 4 members (excludes halogenated alkanes) is 1.